The van der Waals surface area contributed by atoms with Gasteiger partial charge in [-0.25, -0.2) is 0 Å². The molecule has 20 heavy (non-hydrogen) atoms. The van der Waals surface area contributed by atoms with E-state index in [1.54, 1.807) is 12.1 Å². The zero-order valence-corrected chi connectivity index (χ0v) is 11.9. The Morgan fingerprint density at radius 3 is 3.15 bits per heavy atom. The number of rotatable bonds is 2. The third-order valence-electron chi connectivity index (χ3n) is 3.60. The summed E-state index contributed by atoms with van der Waals surface area (Å²) in [6.45, 7) is 2.22. The summed E-state index contributed by atoms with van der Waals surface area (Å²) < 4.78 is 5.07. The zero-order chi connectivity index (χ0) is 14.1. The molecule has 1 N–H and O–H groups in total. The minimum absolute atomic E-state index is 0.258. The second kappa shape index (κ2) is 5.14. The summed E-state index contributed by atoms with van der Waals surface area (Å²) in [5.74, 6) is 0.591. The van der Waals surface area contributed by atoms with Crippen molar-refractivity contribution < 1.29 is 9.21 Å². The minimum atomic E-state index is -0.307. The van der Waals surface area contributed by atoms with Gasteiger partial charge in [-0.15, -0.1) is 11.3 Å². The fourth-order valence-electron chi connectivity index (χ4n) is 2.53. The number of anilines is 1. The fourth-order valence-corrected chi connectivity index (χ4v) is 3.89. The lowest BCUT2D eigenvalue weighted by molar-refractivity contribution is 0.0997. The Morgan fingerprint density at radius 2 is 2.45 bits per heavy atom. The van der Waals surface area contributed by atoms with Gasteiger partial charge in [0.05, 0.1) is 11.8 Å². The Morgan fingerprint density at radius 1 is 1.60 bits per heavy atom. The van der Waals surface area contributed by atoms with Crippen molar-refractivity contribution in [2.45, 2.75) is 26.2 Å². The maximum atomic E-state index is 12.0. The molecule has 0 bridgehead atoms. The monoisotopic (exact) mass is 286 g/mol. The number of fused-ring (bicyclic) bond motifs is 1. The van der Waals surface area contributed by atoms with Crippen molar-refractivity contribution in [2.75, 3.05) is 5.32 Å². The lowest BCUT2D eigenvalue weighted by atomic mass is 9.89. The Kier molecular flexibility index (Phi) is 3.33. The molecule has 0 saturated carbocycles. The van der Waals surface area contributed by atoms with E-state index in [0.717, 1.165) is 24.8 Å². The van der Waals surface area contributed by atoms with Gasteiger partial charge in [-0.05, 0) is 42.9 Å². The first-order chi connectivity index (χ1) is 9.69. The highest BCUT2D eigenvalue weighted by Gasteiger charge is 2.25. The smallest absolute Gasteiger partial charge is 0.291 e. The molecule has 3 rings (SSSR count). The lowest BCUT2D eigenvalue weighted by Crippen LogP contribution is -2.11. The number of nitrogens with one attached hydrogen (secondary N) is 1. The third-order valence-corrected chi connectivity index (χ3v) is 4.77. The van der Waals surface area contributed by atoms with E-state index in [2.05, 4.69) is 18.3 Å². The van der Waals surface area contributed by atoms with Crippen LogP contribution in [0.3, 0.4) is 0 Å². The second-order valence-electron chi connectivity index (χ2n) is 5.10. The number of nitrogens with zero attached hydrogens (tertiary/aromatic N) is 1. The normalized spacial score (nSPS) is 17.3. The average molecular weight is 286 g/mol. The summed E-state index contributed by atoms with van der Waals surface area (Å²) in [6.07, 6.45) is 4.48. The molecule has 2 heterocycles. The molecule has 0 fully saturated rings. The summed E-state index contributed by atoms with van der Waals surface area (Å²) >= 11 is 1.52. The number of nitriles is 1. The van der Waals surface area contributed by atoms with Gasteiger partial charge in [0.1, 0.15) is 11.1 Å². The highest BCUT2D eigenvalue weighted by atomic mass is 32.1. The quantitative estimate of drug-likeness (QED) is 0.917. The summed E-state index contributed by atoms with van der Waals surface area (Å²) in [6, 6.07) is 5.51. The molecule has 4 nitrogen and oxygen atoms in total. The van der Waals surface area contributed by atoms with Crippen LogP contribution in [0.25, 0.3) is 0 Å². The van der Waals surface area contributed by atoms with Crippen LogP contribution in [0.1, 0.15) is 39.9 Å². The minimum Gasteiger partial charge on any atom is -0.459 e. The molecule has 0 aromatic carbocycles. The first-order valence-electron chi connectivity index (χ1n) is 6.58. The first kappa shape index (κ1) is 12.9. The van der Waals surface area contributed by atoms with Crippen molar-refractivity contribution in [1.29, 1.82) is 5.26 Å². The number of hydrogen-bond acceptors (Lipinski definition) is 4. The molecule has 1 amide bonds. The van der Waals surface area contributed by atoms with Crippen LogP contribution in [-0.2, 0) is 12.8 Å². The zero-order valence-electron chi connectivity index (χ0n) is 11.1. The first-order valence-corrected chi connectivity index (χ1v) is 7.40. The molecule has 5 heteroatoms. The maximum Gasteiger partial charge on any atom is 0.291 e. The predicted molar refractivity (Wildman–Crippen MR) is 76.9 cm³/mol. The van der Waals surface area contributed by atoms with Gasteiger partial charge < -0.3 is 9.73 Å². The van der Waals surface area contributed by atoms with E-state index in [0.29, 0.717) is 16.5 Å². The van der Waals surface area contributed by atoms with Gasteiger partial charge in [-0.2, -0.15) is 5.26 Å². The third kappa shape index (κ3) is 2.23. The van der Waals surface area contributed by atoms with Gasteiger partial charge >= 0.3 is 0 Å². The summed E-state index contributed by atoms with van der Waals surface area (Å²) in [5, 5.41) is 12.8. The van der Waals surface area contributed by atoms with Crippen LogP contribution in [0.2, 0.25) is 0 Å². The predicted octanol–water partition coefficient (Wildman–Crippen LogP) is 3.59. The van der Waals surface area contributed by atoms with Gasteiger partial charge in [-0.1, -0.05) is 6.92 Å². The average Bonchev–Trinajstić information content (AvgIpc) is 3.04. The summed E-state index contributed by atoms with van der Waals surface area (Å²) in [5.41, 5.74) is 1.74. The number of carbonyl (C=O) groups excluding carboxylic acids is 1. The van der Waals surface area contributed by atoms with E-state index in [-0.39, 0.29) is 11.7 Å². The molecule has 0 saturated heterocycles. The fraction of sp³-hybridized carbons (Fsp3) is 0.333. The molecule has 0 spiro atoms. The SMILES string of the molecule is C[C@@H]1CCc2c(sc(NC(=O)c3ccco3)c2C#N)C1. The van der Waals surface area contributed by atoms with E-state index in [4.69, 9.17) is 4.42 Å². The lowest BCUT2D eigenvalue weighted by Gasteiger charge is -2.17. The molecule has 1 atom stereocenters. The molecule has 2 aromatic heterocycles. The number of thiophene rings is 1. The number of amides is 1. The van der Waals surface area contributed by atoms with E-state index >= 15 is 0 Å². The van der Waals surface area contributed by atoms with Crippen LogP contribution in [0.4, 0.5) is 5.00 Å². The molecule has 1 aliphatic rings. The van der Waals surface area contributed by atoms with Gasteiger partial charge in [0.2, 0.25) is 0 Å². The van der Waals surface area contributed by atoms with Crippen molar-refractivity contribution in [3.63, 3.8) is 0 Å². The van der Waals surface area contributed by atoms with Crippen LogP contribution in [-0.4, -0.2) is 5.91 Å². The Balaban J connectivity index is 1.91. The maximum absolute atomic E-state index is 12.0. The molecular formula is C15H14N2O2S. The molecular weight excluding hydrogens is 272 g/mol. The highest BCUT2D eigenvalue weighted by Crippen LogP contribution is 2.39. The van der Waals surface area contributed by atoms with E-state index in [9.17, 15) is 10.1 Å². The largest absolute Gasteiger partial charge is 0.459 e. The van der Waals surface area contributed by atoms with Crippen LogP contribution < -0.4 is 5.32 Å². The van der Waals surface area contributed by atoms with E-state index in [1.165, 1.54) is 22.5 Å². The van der Waals surface area contributed by atoms with Crippen LogP contribution in [0.5, 0.6) is 0 Å². The van der Waals surface area contributed by atoms with Crippen molar-refractivity contribution in [2.24, 2.45) is 5.92 Å². The number of furan rings is 1. The van der Waals surface area contributed by atoms with Gasteiger partial charge in [0.15, 0.2) is 5.76 Å². The molecule has 0 radical (unpaired) electrons. The molecule has 1 aliphatic carbocycles. The Hall–Kier alpha value is -2.06. The van der Waals surface area contributed by atoms with Crippen molar-refractivity contribution in [3.8, 4) is 6.07 Å². The molecule has 2 aromatic rings. The van der Waals surface area contributed by atoms with Crippen LogP contribution in [0.15, 0.2) is 22.8 Å². The summed E-state index contributed by atoms with van der Waals surface area (Å²) in [7, 11) is 0. The van der Waals surface area contributed by atoms with Gasteiger partial charge in [0, 0.05) is 4.88 Å². The Bertz CT molecular complexity index is 680. The van der Waals surface area contributed by atoms with Crippen LogP contribution >= 0.6 is 11.3 Å². The molecule has 102 valence electrons. The topological polar surface area (TPSA) is 66.0 Å². The van der Waals surface area contributed by atoms with Crippen molar-refractivity contribution in [1.82, 2.24) is 0 Å². The van der Waals surface area contributed by atoms with Crippen molar-refractivity contribution in [3.05, 3.63) is 40.2 Å². The van der Waals surface area contributed by atoms with Gasteiger partial charge in [-0.3, -0.25) is 4.79 Å². The molecule has 0 aliphatic heterocycles. The molecule has 0 unspecified atom stereocenters. The van der Waals surface area contributed by atoms with Crippen LogP contribution in [0, 0.1) is 17.2 Å². The highest BCUT2D eigenvalue weighted by molar-refractivity contribution is 7.16. The van der Waals surface area contributed by atoms with E-state index in [1.807, 2.05) is 0 Å². The number of carbonyl (C=O) groups is 1. The van der Waals surface area contributed by atoms with E-state index < -0.39 is 0 Å². The number of hydrogen-bond donors (Lipinski definition) is 1. The Labute approximate surface area is 121 Å². The van der Waals surface area contributed by atoms with Gasteiger partial charge in [0.25, 0.3) is 5.91 Å². The standard InChI is InChI=1S/C15H14N2O2S/c1-9-4-5-10-11(8-16)15(20-13(10)7-9)17-14(18)12-3-2-6-19-12/h2-3,6,9H,4-5,7H2,1H3,(H,17,18)/t9-/m1/s1. The summed E-state index contributed by atoms with van der Waals surface area (Å²) in [4.78, 5) is 13.2. The van der Waals surface area contributed by atoms with Crippen molar-refractivity contribution >= 4 is 22.2 Å². The second-order valence-corrected chi connectivity index (χ2v) is 6.20.